The molecule has 0 spiro atoms. The number of aliphatic hydroxyl groups excluding tert-OH is 1. The number of nitrogens with zero attached hydrogens (tertiary/aromatic N) is 4. The zero-order valence-corrected chi connectivity index (χ0v) is 14.2. The van der Waals surface area contributed by atoms with Gasteiger partial charge in [-0.25, -0.2) is 4.98 Å². The molecule has 118 valence electrons. The lowest BCUT2D eigenvalue weighted by molar-refractivity contribution is 0.0700. The zero-order chi connectivity index (χ0) is 15.7. The van der Waals surface area contributed by atoms with Crippen LogP contribution in [0.4, 0.5) is 0 Å². The fourth-order valence-electron chi connectivity index (χ4n) is 2.45. The lowest BCUT2D eigenvalue weighted by Gasteiger charge is -2.27. The molecular weight excluding hydrogens is 320 g/mol. The number of rotatable bonds is 4. The SMILES string of the molecule is CCC(O)c1cc2n(n1)CCN(C(=O)c1csc(SC)n1)C2. The molecule has 2 aromatic heterocycles. The summed E-state index contributed by atoms with van der Waals surface area (Å²) in [4.78, 5) is 18.6. The molecule has 3 rings (SSSR count). The summed E-state index contributed by atoms with van der Waals surface area (Å²) in [6.45, 7) is 3.69. The summed E-state index contributed by atoms with van der Waals surface area (Å²) in [6.07, 6.45) is 2.05. The molecule has 0 bridgehead atoms. The van der Waals surface area contributed by atoms with Gasteiger partial charge in [-0.05, 0) is 18.7 Å². The first-order valence-corrected chi connectivity index (χ1v) is 9.26. The summed E-state index contributed by atoms with van der Waals surface area (Å²) < 4.78 is 2.78. The minimum Gasteiger partial charge on any atom is -0.387 e. The molecule has 0 saturated carbocycles. The molecule has 1 aliphatic heterocycles. The fourth-order valence-corrected chi connectivity index (χ4v) is 3.68. The maximum Gasteiger partial charge on any atom is 0.273 e. The highest BCUT2D eigenvalue weighted by Crippen LogP contribution is 2.23. The lowest BCUT2D eigenvalue weighted by Crippen LogP contribution is -2.38. The largest absolute Gasteiger partial charge is 0.387 e. The Morgan fingerprint density at radius 3 is 3.05 bits per heavy atom. The smallest absolute Gasteiger partial charge is 0.273 e. The van der Waals surface area contributed by atoms with Crippen LogP contribution in [0.15, 0.2) is 15.8 Å². The number of hydrogen-bond donors (Lipinski definition) is 1. The maximum absolute atomic E-state index is 12.5. The van der Waals surface area contributed by atoms with Crippen molar-refractivity contribution in [1.82, 2.24) is 19.7 Å². The van der Waals surface area contributed by atoms with Gasteiger partial charge in [0, 0.05) is 11.9 Å². The highest BCUT2D eigenvalue weighted by Gasteiger charge is 2.25. The molecule has 0 aromatic carbocycles. The van der Waals surface area contributed by atoms with Crippen LogP contribution in [0.5, 0.6) is 0 Å². The molecule has 1 amide bonds. The van der Waals surface area contributed by atoms with Gasteiger partial charge >= 0.3 is 0 Å². The van der Waals surface area contributed by atoms with E-state index in [4.69, 9.17) is 0 Å². The van der Waals surface area contributed by atoms with Crippen LogP contribution in [0.1, 0.15) is 41.3 Å². The van der Waals surface area contributed by atoms with E-state index in [0.29, 0.717) is 37.4 Å². The van der Waals surface area contributed by atoms with Crippen molar-refractivity contribution in [2.75, 3.05) is 12.8 Å². The van der Waals surface area contributed by atoms with Crippen LogP contribution < -0.4 is 0 Å². The fraction of sp³-hybridized carbons (Fsp3) is 0.500. The molecule has 22 heavy (non-hydrogen) atoms. The number of thioether (sulfide) groups is 1. The predicted octanol–water partition coefficient (Wildman–Crippen LogP) is 2.16. The van der Waals surface area contributed by atoms with E-state index in [9.17, 15) is 9.90 Å². The second-order valence-corrected chi connectivity index (χ2v) is 7.05. The van der Waals surface area contributed by atoms with Gasteiger partial charge in [-0.2, -0.15) is 5.10 Å². The first-order chi connectivity index (χ1) is 10.6. The van der Waals surface area contributed by atoms with Gasteiger partial charge in [0.25, 0.3) is 5.91 Å². The Labute approximate surface area is 137 Å². The van der Waals surface area contributed by atoms with E-state index >= 15 is 0 Å². The number of fused-ring (bicyclic) bond motifs is 1. The molecule has 3 heterocycles. The van der Waals surface area contributed by atoms with Crippen molar-refractivity contribution in [3.05, 3.63) is 28.5 Å². The number of carbonyl (C=O) groups excluding carboxylic acids is 1. The topological polar surface area (TPSA) is 71.2 Å². The summed E-state index contributed by atoms with van der Waals surface area (Å²) in [5.74, 6) is -0.0402. The minimum absolute atomic E-state index is 0.0402. The third-order valence-corrected chi connectivity index (χ3v) is 5.57. The van der Waals surface area contributed by atoms with Crippen LogP contribution in [0.3, 0.4) is 0 Å². The Hall–Kier alpha value is -1.38. The molecule has 1 atom stereocenters. The number of hydrogen-bond acceptors (Lipinski definition) is 6. The molecule has 0 aliphatic carbocycles. The maximum atomic E-state index is 12.5. The average molecular weight is 338 g/mol. The van der Waals surface area contributed by atoms with Crippen LogP contribution in [-0.4, -0.2) is 43.5 Å². The van der Waals surface area contributed by atoms with E-state index in [-0.39, 0.29) is 5.91 Å². The molecule has 0 fully saturated rings. The average Bonchev–Trinajstić information content (AvgIpc) is 3.18. The van der Waals surface area contributed by atoms with Crippen molar-refractivity contribution in [1.29, 1.82) is 0 Å². The summed E-state index contributed by atoms with van der Waals surface area (Å²) in [5.41, 5.74) is 2.16. The third-order valence-electron chi connectivity index (χ3n) is 3.71. The molecule has 0 saturated heterocycles. The predicted molar refractivity (Wildman–Crippen MR) is 86.1 cm³/mol. The van der Waals surface area contributed by atoms with Crippen molar-refractivity contribution < 1.29 is 9.90 Å². The van der Waals surface area contributed by atoms with Crippen molar-refractivity contribution in [2.45, 2.75) is 36.9 Å². The minimum atomic E-state index is -0.537. The van der Waals surface area contributed by atoms with Crippen LogP contribution >= 0.6 is 23.1 Å². The normalized spacial score (nSPS) is 15.7. The van der Waals surface area contributed by atoms with E-state index < -0.39 is 6.10 Å². The molecule has 0 radical (unpaired) electrons. The van der Waals surface area contributed by atoms with Gasteiger partial charge in [-0.1, -0.05) is 18.7 Å². The molecule has 8 heteroatoms. The number of amides is 1. The monoisotopic (exact) mass is 338 g/mol. The van der Waals surface area contributed by atoms with Gasteiger partial charge in [0.1, 0.15) is 10.0 Å². The van der Waals surface area contributed by atoms with E-state index in [2.05, 4.69) is 10.1 Å². The second-order valence-electron chi connectivity index (χ2n) is 5.14. The number of aliphatic hydroxyl groups is 1. The zero-order valence-electron chi connectivity index (χ0n) is 12.5. The lowest BCUT2D eigenvalue weighted by atomic mass is 10.2. The van der Waals surface area contributed by atoms with Crippen molar-refractivity contribution in [3.8, 4) is 0 Å². The van der Waals surface area contributed by atoms with Crippen LogP contribution in [0, 0.1) is 0 Å². The van der Waals surface area contributed by atoms with Crippen molar-refractivity contribution >= 4 is 29.0 Å². The molecule has 2 aromatic rings. The van der Waals surface area contributed by atoms with Gasteiger partial charge in [0.05, 0.1) is 30.6 Å². The van der Waals surface area contributed by atoms with Crippen molar-refractivity contribution in [3.63, 3.8) is 0 Å². The first kappa shape index (κ1) is 15.5. The Morgan fingerprint density at radius 1 is 1.55 bits per heavy atom. The van der Waals surface area contributed by atoms with Gasteiger partial charge in [0.15, 0.2) is 0 Å². The molecule has 1 unspecified atom stereocenters. The van der Waals surface area contributed by atoms with E-state index in [1.165, 1.54) is 11.3 Å². The van der Waals surface area contributed by atoms with Crippen molar-refractivity contribution in [2.24, 2.45) is 0 Å². The molecule has 6 nitrogen and oxygen atoms in total. The quantitative estimate of drug-likeness (QED) is 0.865. The Morgan fingerprint density at radius 2 is 2.36 bits per heavy atom. The Kier molecular flexibility index (Phi) is 4.51. The van der Waals surface area contributed by atoms with Crippen LogP contribution in [-0.2, 0) is 13.1 Å². The first-order valence-electron chi connectivity index (χ1n) is 7.15. The van der Waals surface area contributed by atoms with Crippen LogP contribution in [0.2, 0.25) is 0 Å². The Bertz CT molecular complexity index is 682. The van der Waals surface area contributed by atoms with Gasteiger partial charge < -0.3 is 10.0 Å². The second kappa shape index (κ2) is 6.39. The van der Waals surface area contributed by atoms with Gasteiger partial charge in [-0.15, -0.1) is 11.3 Å². The van der Waals surface area contributed by atoms with E-state index in [1.54, 1.807) is 16.7 Å². The highest BCUT2D eigenvalue weighted by molar-refractivity contribution is 8.00. The molecule has 1 N–H and O–H groups in total. The number of thiazole rings is 1. The third kappa shape index (κ3) is 2.90. The van der Waals surface area contributed by atoms with E-state index in [0.717, 1.165) is 10.0 Å². The van der Waals surface area contributed by atoms with Crippen LogP contribution in [0.25, 0.3) is 0 Å². The summed E-state index contributed by atoms with van der Waals surface area (Å²) in [6, 6.07) is 1.89. The molecule has 1 aliphatic rings. The Balaban J connectivity index is 1.76. The summed E-state index contributed by atoms with van der Waals surface area (Å²) in [7, 11) is 0. The summed E-state index contributed by atoms with van der Waals surface area (Å²) in [5, 5.41) is 16.1. The highest BCUT2D eigenvalue weighted by atomic mass is 32.2. The number of aromatic nitrogens is 3. The standard InChI is InChI=1S/C14H18N4O2S2/c1-3-12(19)10-6-9-7-17(4-5-18(9)16-10)13(20)11-8-22-14(15-11)21-2/h6,8,12,19H,3-5,7H2,1-2H3. The van der Waals surface area contributed by atoms with Gasteiger partial charge in [-0.3, -0.25) is 9.48 Å². The van der Waals surface area contributed by atoms with Gasteiger partial charge in [0.2, 0.25) is 0 Å². The number of carbonyl (C=O) groups is 1. The summed E-state index contributed by atoms with van der Waals surface area (Å²) >= 11 is 3.04. The van der Waals surface area contributed by atoms with E-state index in [1.807, 2.05) is 29.3 Å². The molecular formula is C14H18N4O2S2.